The van der Waals surface area contributed by atoms with Gasteiger partial charge in [0.25, 0.3) is 5.91 Å². The standard InChI is InChI=1S/C11H14N4OS2/c1-13-11-14-9(12)8(18-11)10(16)15(2)5-7-3-4-17-6-7/h3-4,6H,5,12H2,1-2H3,(H,13,14). The molecule has 5 nitrogen and oxygen atoms in total. The summed E-state index contributed by atoms with van der Waals surface area (Å²) in [6.45, 7) is 0.578. The van der Waals surface area contributed by atoms with Crippen molar-refractivity contribution in [3.63, 3.8) is 0 Å². The van der Waals surface area contributed by atoms with Gasteiger partial charge in [0.2, 0.25) is 0 Å². The lowest BCUT2D eigenvalue weighted by Crippen LogP contribution is -2.25. The molecule has 7 heteroatoms. The molecule has 18 heavy (non-hydrogen) atoms. The van der Waals surface area contributed by atoms with E-state index in [2.05, 4.69) is 10.3 Å². The van der Waals surface area contributed by atoms with E-state index in [4.69, 9.17) is 5.73 Å². The molecule has 1 amide bonds. The summed E-state index contributed by atoms with van der Waals surface area (Å²) < 4.78 is 0. The van der Waals surface area contributed by atoms with Crippen LogP contribution in [0.4, 0.5) is 10.9 Å². The molecule has 0 fully saturated rings. The smallest absolute Gasteiger partial charge is 0.267 e. The molecule has 0 bridgehead atoms. The van der Waals surface area contributed by atoms with Crippen molar-refractivity contribution in [2.45, 2.75) is 6.54 Å². The number of rotatable bonds is 4. The first-order valence-electron chi connectivity index (χ1n) is 5.32. The maximum atomic E-state index is 12.2. The van der Waals surface area contributed by atoms with Crippen molar-refractivity contribution in [2.24, 2.45) is 0 Å². The molecule has 0 aliphatic carbocycles. The number of hydrogen-bond donors (Lipinski definition) is 2. The van der Waals surface area contributed by atoms with E-state index in [-0.39, 0.29) is 11.7 Å². The number of aromatic nitrogens is 1. The summed E-state index contributed by atoms with van der Waals surface area (Å²) in [6, 6.07) is 2.00. The lowest BCUT2D eigenvalue weighted by Gasteiger charge is -2.15. The van der Waals surface area contributed by atoms with Crippen LogP contribution in [-0.4, -0.2) is 29.9 Å². The fourth-order valence-corrected chi connectivity index (χ4v) is 2.99. The Balaban J connectivity index is 2.12. The van der Waals surface area contributed by atoms with Gasteiger partial charge >= 0.3 is 0 Å². The Labute approximate surface area is 113 Å². The molecular weight excluding hydrogens is 268 g/mol. The molecule has 0 spiro atoms. The number of nitrogens with two attached hydrogens (primary N) is 1. The average Bonchev–Trinajstić information content (AvgIpc) is 2.97. The van der Waals surface area contributed by atoms with E-state index in [1.807, 2.05) is 16.8 Å². The van der Waals surface area contributed by atoms with E-state index >= 15 is 0 Å². The Hall–Kier alpha value is -1.60. The summed E-state index contributed by atoms with van der Waals surface area (Å²) in [4.78, 5) is 18.4. The minimum atomic E-state index is -0.0994. The van der Waals surface area contributed by atoms with Gasteiger partial charge < -0.3 is 16.0 Å². The Kier molecular flexibility index (Phi) is 3.83. The Morgan fingerprint density at radius 1 is 1.61 bits per heavy atom. The highest BCUT2D eigenvalue weighted by Gasteiger charge is 2.19. The highest BCUT2D eigenvalue weighted by molar-refractivity contribution is 7.18. The van der Waals surface area contributed by atoms with Crippen LogP contribution in [0.3, 0.4) is 0 Å². The number of hydrogen-bond acceptors (Lipinski definition) is 6. The van der Waals surface area contributed by atoms with Gasteiger partial charge in [-0.15, -0.1) is 0 Å². The van der Waals surface area contributed by atoms with Gasteiger partial charge in [-0.2, -0.15) is 11.3 Å². The Bertz CT molecular complexity index is 535. The quantitative estimate of drug-likeness (QED) is 0.901. The van der Waals surface area contributed by atoms with Gasteiger partial charge in [0.1, 0.15) is 10.7 Å². The number of thiazole rings is 1. The maximum Gasteiger partial charge on any atom is 0.267 e. The molecule has 0 aliphatic rings. The van der Waals surface area contributed by atoms with E-state index in [0.717, 1.165) is 5.56 Å². The van der Waals surface area contributed by atoms with E-state index in [9.17, 15) is 4.79 Å². The maximum absolute atomic E-state index is 12.2. The van der Waals surface area contributed by atoms with Gasteiger partial charge in [0, 0.05) is 20.6 Å². The predicted molar refractivity (Wildman–Crippen MR) is 76.2 cm³/mol. The summed E-state index contributed by atoms with van der Waals surface area (Å²) in [7, 11) is 3.51. The molecule has 2 heterocycles. The van der Waals surface area contributed by atoms with Gasteiger partial charge in [-0.05, 0) is 22.4 Å². The van der Waals surface area contributed by atoms with Crippen molar-refractivity contribution in [3.05, 3.63) is 27.3 Å². The minimum Gasteiger partial charge on any atom is -0.382 e. The van der Waals surface area contributed by atoms with Crippen LogP contribution >= 0.6 is 22.7 Å². The zero-order valence-electron chi connectivity index (χ0n) is 10.1. The number of nitrogens with one attached hydrogen (secondary N) is 1. The topological polar surface area (TPSA) is 71.2 Å². The number of nitrogens with zero attached hydrogens (tertiary/aromatic N) is 2. The van der Waals surface area contributed by atoms with Crippen molar-refractivity contribution in [2.75, 3.05) is 25.1 Å². The molecule has 0 atom stereocenters. The summed E-state index contributed by atoms with van der Waals surface area (Å²) in [5.74, 6) is 0.184. The van der Waals surface area contributed by atoms with Crippen LogP contribution in [0.2, 0.25) is 0 Å². The zero-order valence-corrected chi connectivity index (χ0v) is 11.8. The van der Waals surface area contributed by atoms with Crippen LogP contribution in [0.15, 0.2) is 16.8 Å². The van der Waals surface area contributed by atoms with E-state index in [0.29, 0.717) is 16.6 Å². The van der Waals surface area contributed by atoms with Gasteiger partial charge in [-0.1, -0.05) is 11.3 Å². The molecule has 3 N–H and O–H groups in total. The van der Waals surface area contributed by atoms with Crippen LogP contribution in [0.25, 0.3) is 0 Å². The van der Waals surface area contributed by atoms with Crippen LogP contribution < -0.4 is 11.1 Å². The van der Waals surface area contributed by atoms with E-state index in [1.54, 1.807) is 30.3 Å². The molecule has 0 radical (unpaired) electrons. The third-order valence-corrected chi connectivity index (χ3v) is 4.22. The molecule has 2 rings (SSSR count). The molecule has 0 aliphatic heterocycles. The van der Waals surface area contributed by atoms with Gasteiger partial charge in [0.15, 0.2) is 5.13 Å². The second kappa shape index (κ2) is 5.36. The van der Waals surface area contributed by atoms with E-state index in [1.165, 1.54) is 11.3 Å². The lowest BCUT2D eigenvalue weighted by atomic mass is 10.3. The molecule has 0 saturated heterocycles. The summed E-state index contributed by atoms with van der Waals surface area (Å²) in [5.41, 5.74) is 6.86. The Morgan fingerprint density at radius 3 is 2.94 bits per heavy atom. The number of carbonyl (C=O) groups is 1. The SMILES string of the molecule is CNc1nc(N)c(C(=O)N(C)Cc2ccsc2)s1. The first-order valence-corrected chi connectivity index (χ1v) is 7.08. The first-order chi connectivity index (χ1) is 8.61. The molecule has 2 aromatic rings. The monoisotopic (exact) mass is 282 g/mol. The van der Waals surface area contributed by atoms with Crippen molar-refractivity contribution in [1.82, 2.24) is 9.88 Å². The zero-order chi connectivity index (χ0) is 13.1. The number of amides is 1. The third kappa shape index (κ3) is 2.62. The van der Waals surface area contributed by atoms with Crippen molar-refractivity contribution in [3.8, 4) is 0 Å². The molecular formula is C11H14N4OS2. The molecule has 96 valence electrons. The fourth-order valence-electron chi connectivity index (χ4n) is 1.49. The molecule has 0 unspecified atom stereocenters. The number of carbonyl (C=O) groups excluding carboxylic acids is 1. The number of nitrogen functional groups attached to an aromatic ring is 1. The summed E-state index contributed by atoms with van der Waals surface area (Å²) >= 11 is 2.89. The largest absolute Gasteiger partial charge is 0.382 e. The van der Waals surface area contributed by atoms with Crippen molar-refractivity contribution >= 4 is 39.5 Å². The second-order valence-corrected chi connectivity index (χ2v) is 5.56. The van der Waals surface area contributed by atoms with Crippen LogP contribution in [-0.2, 0) is 6.54 Å². The van der Waals surface area contributed by atoms with Crippen molar-refractivity contribution in [1.29, 1.82) is 0 Å². The van der Waals surface area contributed by atoms with Crippen LogP contribution in [0, 0.1) is 0 Å². The molecule has 2 aromatic heterocycles. The van der Waals surface area contributed by atoms with Crippen molar-refractivity contribution < 1.29 is 4.79 Å². The molecule has 0 saturated carbocycles. The average molecular weight is 282 g/mol. The first kappa shape index (κ1) is 12.8. The number of anilines is 2. The van der Waals surface area contributed by atoms with Crippen LogP contribution in [0.1, 0.15) is 15.2 Å². The Morgan fingerprint density at radius 2 is 2.39 bits per heavy atom. The lowest BCUT2D eigenvalue weighted by molar-refractivity contribution is 0.0791. The summed E-state index contributed by atoms with van der Waals surface area (Å²) in [6.07, 6.45) is 0. The highest BCUT2D eigenvalue weighted by Crippen LogP contribution is 2.26. The third-order valence-electron chi connectivity index (χ3n) is 2.41. The predicted octanol–water partition coefficient (Wildman–Crippen LogP) is 2.10. The van der Waals surface area contributed by atoms with Gasteiger partial charge in [0.05, 0.1) is 0 Å². The fraction of sp³-hybridized carbons (Fsp3) is 0.273. The van der Waals surface area contributed by atoms with E-state index < -0.39 is 0 Å². The second-order valence-electron chi connectivity index (χ2n) is 3.78. The summed E-state index contributed by atoms with van der Waals surface area (Å²) in [5, 5.41) is 7.56. The number of thiophene rings is 1. The normalized spacial score (nSPS) is 10.3. The minimum absolute atomic E-state index is 0.0994. The van der Waals surface area contributed by atoms with Gasteiger partial charge in [-0.3, -0.25) is 4.79 Å². The van der Waals surface area contributed by atoms with Gasteiger partial charge in [-0.25, -0.2) is 4.98 Å². The van der Waals surface area contributed by atoms with Crippen LogP contribution in [0.5, 0.6) is 0 Å². The molecule has 0 aromatic carbocycles. The highest BCUT2D eigenvalue weighted by atomic mass is 32.1.